The molecule has 6 heteroatoms. The zero-order valence-corrected chi connectivity index (χ0v) is 11.7. The zero-order chi connectivity index (χ0) is 14.5. The maximum Gasteiger partial charge on any atom is 0.226 e. The van der Waals surface area contributed by atoms with E-state index in [0.717, 1.165) is 25.9 Å². The topological polar surface area (TPSA) is 60.2 Å². The second kappa shape index (κ2) is 6.67. The summed E-state index contributed by atoms with van der Waals surface area (Å²) in [5.41, 5.74) is 0. The maximum atomic E-state index is 13.0. The Bertz CT molecular complexity index is 582. The second-order valence-corrected chi connectivity index (χ2v) is 5.25. The summed E-state index contributed by atoms with van der Waals surface area (Å²) in [6.07, 6.45) is 3.06. The minimum Gasteiger partial charge on any atom is -0.485 e. The molecule has 1 aromatic carbocycles. The van der Waals surface area contributed by atoms with Gasteiger partial charge in [-0.05, 0) is 44.0 Å². The van der Waals surface area contributed by atoms with E-state index in [-0.39, 0.29) is 12.4 Å². The van der Waals surface area contributed by atoms with E-state index in [2.05, 4.69) is 15.5 Å². The summed E-state index contributed by atoms with van der Waals surface area (Å²) >= 11 is 0. The molecule has 0 aliphatic carbocycles. The minimum atomic E-state index is -0.327. The number of aromatic nitrogens is 2. The Kier molecular flexibility index (Phi) is 4.45. The molecule has 0 radical (unpaired) electrons. The van der Waals surface area contributed by atoms with Gasteiger partial charge in [0, 0.05) is 12.5 Å². The standard InChI is InChI=1S/C15H18FN3O2/c16-12-2-1-3-13(8-12)20-10-14-18-15(21-19-14)5-4-11-6-7-17-9-11/h1-3,8,11,17H,4-7,9-10H2. The average molecular weight is 291 g/mol. The van der Waals surface area contributed by atoms with Gasteiger partial charge in [-0.15, -0.1) is 0 Å². The summed E-state index contributed by atoms with van der Waals surface area (Å²) in [7, 11) is 0. The van der Waals surface area contributed by atoms with Crippen molar-refractivity contribution in [1.82, 2.24) is 15.5 Å². The summed E-state index contributed by atoms with van der Waals surface area (Å²) in [5.74, 6) is 1.95. The molecule has 3 rings (SSSR count). The van der Waals surface area contributed by atoms with Crippen LogP contribution in [0.25, 0.3) is 0 Å². The molecule has 1 fully saturated rings. The molecular weight excluding hydrogens is 273 g/mol. The van der Waals surface area contributed by atoms with Crippen LogP contribution in [-0.4, -0.2) is 23.2 Å². The number of aryl methyl sites for hydroxylation is 1. The van der Waals surface area contributed by atoms with Crippen molar-refractivity contribution in [3.8, 4) is 5.75 Å². The second-order valence-electron chi connectivity index (χ2n) is 5.25. The zero-order valence-electron chi connectivity index (χ0n) is 11.7. The van der Waals surface area contributed by atoms with E-state index in [0.29, 0.717) is 23.4 Å². The Morgan fingerprint density at radius 1 is 1.43 bits per heavy atom. The first-order valence-corrected chi connectivity index (χ1v) is 7.20. The number of hydrogen-bond donors (Lipinski definition) is 1. The number of hydrogen-bond acceptors (Lipinski definition) is 5. The van der Waals surface area contributed by atoms with Gasteiger partial charge < -0.3 is 14.6 Å². The van der Waals surface area contributed by atoms with Gasteiger partial charge in [-0.1, -0.05) is 11.2 Å². The van der Waals surface area contributed by atoms with Crippen LogP contribution in [0, 0.1) is 11.7 Å². The highest BCUT2D eigenvalue weighted by Gasteiger charge is 2.16. The molecule has 1 aliphatic rings. The highest BCUT2D eigenvalue weighted by molar-refractivity contribution is 5.22. The molecular formula is C15H18FN3O2. The number of rotatable bonds is 6. The Morgan fingerprint density at radius 2 is 2.38 bits per heavy atom. The van der Waals surface area contributed by atoms with E-state index >= 15 is 0 Å². The lowest BCUT2D eigenvalue weighted by atomic mass is 10.0. The molecule has 0 saturated carbocycles. The van der Waals surface area contributed by atoms with Gasteiger partial charge in [0.2, 0.25) is 11.7 Å². The van der Waals surface area contributed by atoms with Gasteiger partial charge in [0.25, 0.3) is 0 Å². The van der Waals surface area contributed by atoms with Crippen LogP contribution in [-0.2, 0) is 13.0 Å². The highest BCUT2D eigenvalue weighted by Crippen LogP contribution is 2.16. The summed E-state index contributed by atoms with van der Waals surface area (Å²) in [6, 6.07) is 5.99. The molecule has 1 atom stereocenters. The van der Waals surface area contributed by atoms with Crippen molar-refractivity contribution < 1.29 is 13.7 Å². The largest absolute Gasteiger partial charge is 0.485 e. The van der Waals surface area contributed by atoms with Gasteiger partial charge in [-0.25, -0.2) is 4.39 Å². The third-order valence-corrected chi connectivity index (χ3v) is 3.60. The Labute approximate surface area is 122 Å². The Morgan fingerprint density at radius 3 is 3.19 bits per heavy atom. The van der Waals surface area contributed by atoms with Gasteiger partial charge in [-0.2, -0.15) is 4.98 Å². The van der Waals surface area contributed by atoms with E-state index in [4.69, 9.17) is 9.26 Å². The van der Waals surface area contributed by atoms with Gasteiger partial charge in [0.05, 0.1) is 0 Å². The maximum absolute atomic E-state index is 13.0. The van der Waals surface area contributed by atoms with Crippen LogP contribution in [0.15, 0.2) is 28.8 Å². The van der Waals surface area contributed by atoms with Crippen molar-refractivity contribution in [3.63, 3.8) is 0 Å². The summed E-state index contributed by atoms with van der Waals surface area (Å²) < 4.78 is 23.6. The van der Waals surface area contributed by atoms with Crippen molar-refractivity contribution in [3.05, 3.63) is 41.8 Å². The molecule has 0 amide bonds. The normalized spacial score (nSPS) is 18.0. The van der Waals surface area contributed by atoms with Crippen LogP contribution in [0.5, 0.6) is 5.75 Å². The van der Waals surface area contributed by atoms with Gasteiger partial charge in [0.15, 0.2) is 6.61 Å². The summed E-state index contributed by atoms with van der Waals surface area (Å²) in [4.78, 5) is 4.29. The number of halogens is 1. The molecule has 5 nitrogen and oxygen atoms in total. The van der Waals surface area contributed by atoms with E-state index < -0.39 is 0 Å². The van der Waals surface area contributed by atoms with Crippen LogP contribution >= 0.6 is 0 Å². The summed E-state index contributed by atoms with van der Waals surface area (Å²) in [5, 5.41) is 7.22. The first kappa shape index (κ1) is 14.0. The third kappa shape index (κ3) is 4.01. The molecule has 21 heavy (non-hydrogen) atoms. The number of benzene rings is 1. The first-order valence-electron chi connectivity index (χ1n) is 7.20. The molecule has 1 N–H and O–H groups in total. The van der Waals surface area contributed by atoms with E-state index in [1.54, 1.807) is 12.1 Å². The first-order chi connectivity index (χ1) is 10.3. The molecule has 1 unspecified atom stereocenters. The fourth-order valence-electron chi connectivity index (χ4n) is 2.44. The molecule has 2 aromatic rings. The molecule has 112 valence electrons. The number of nitrogens with zero attached hydrogens (tertiary/aromatic N) is 2. The highest BCUT2D eigenvalue weighted by atomic mass is 19.1. The fourth-order valence-corrected chi connectivity index (χ4v) is 2.44. The molecule has 0 spiro atoms. The lowest BCUT2D eigenvalue weighted by Crippen LogP contribution is -2.09. The van der Waals surface area contributed by atoms with Crippen molar-refractivity contribution in [2.45, 2.75) is 25.9 Å². The van der Waals surface area contributed by atoms with Crippen molar-refractivity contribution >= 4 is 0 Å². The van der Waals surface area contributed by atoms with Gasteiger partial charge >= 0.3 is 0 Å². The predicted molar refractivity (Wildman–Crippen MR) is 74.3 cm³/mol. The number of ether oxygens (including phenoxy) is 1. The SMILES string of the molecule is Fc1cccc(OCc2noc(CCC3CCNC3)n2)c1. The molecule has 2 heterocycles. The smallest absolute Gasteiger partial charge is 0.226 e. The lowest BCUT2D eigenvalue weighted by Gasteiger charge is -2.04. The fraction of sp³-hybridized carbons (Fsp3) is 0.467. The van der Waals surface area contributed by atoms with E-state index in [1.807, 2.05) is 0 Å². The molecule has 0 bridgehead atoms. The van der Waals surface area contributed by atoms with Crippen LogP contribution < -0.4 is 10.1 Å². The van der Waals surface area contributed by atoms with Crippen molar-refractivity contribution in [1.29, 1.82) is 0 Å². The Balaban J connectivity index is 1.48. The van der Waals surface area contributed by atoms with Crippen LogP contribution in [0.1, 0.15) is 24.6 Å². The lowest BCUT2D eigenvalue weighted by molar-refractivity contribution is 0.283. The van der Waals surface area contributed by atoms with Crippen LogP contribution in [0.4, 0.5) is 4.39 Å². The van der Waals surface area contributed by atoms with Crippen LogP contribution in [0.2, 0.25) is 0 Å². The predicted octanol–water partition coefficient (Wildman–Crippen LogP) is 2.33. The van der Waals surface area contributed by atoms with Gasteiger partial charge in [-0.3, -0.25) is 0 Å². The molecule has 1 saturated heterocycles. The molecule has 1 aliphatic heterocycles. The van der Waals surface area contributed by atoms with Crippen molar-refractivity contribution in [2.75, 3.05) is 13.1 Å². The number of nitrogens with one attached hydrogen (secondary N) is 1. The summed E-state index contributed by atoms with van der Waals surface area (Å²) in [6.45, 7) is 2.35. The molecule has 1 aromatic heterocycles. The monoisotopic (exact) mass is 291 g/mol. The average Bonchev–Trinajstić information content (AvgIpc) is 3.15. The minimum absolute atomic E-state index is 0.179. The van der Waals surface area contributed by atoms with Crippen LogP contribution in [0.3, 0.4) is 0 Å². The van der Waals surface area contributed by atoms with E-state index in [9.17, 15) is 4.39 Å². The van der Waals surface area contributed by atoms with E-state index in [1.165, 1.54) is 18.6 Å². The quantitative estimate of drug-likeness (QED) is 0.885. The van der Waals surface area contributed by atoms with Gasteiger partial charge in [0.1, 0.15) is 11.6 Å². The van der Waals surface area contributed by atoms with Crippen molar-refractivity contribution in [2.24, 2.45) is 5.92 Å². The Hall–Kier alpha value is -1.95. The third-order valence-electron chi connectivity index (χ3n) is 3.60.